The van der Waals surface area contributed by atoms with Crippen molar-refractivity contribution in [3.8, 4) is 23.0 Å². The molecule has 6 aromatic rings. The van der Waals surface area contributed by atoms with Gasteiger partial charge in [-0.05, 0) is 98.5 Å². The maximum absolute atomic E-state index is 13.7. The number of hydrogen-bond donors (Lipinski definition) is 1. The van der Waals surface area contributed by atoms with Gasteiger partial charge in [-0.1, -0.05) is 64.5 Å². The van der Waals surface area contributed by atoms with Crippen molar-refractivity contribution in [3.05, 3.63) is 144 Å². The number of aromatic nitrogens is 4. The van der Waals surface area contributed by atoms with Crippen LogP contribution in [0.5, 0.6) is 23.0 Å². The molecule has 0 fully saturated rings. The lowest BCUT2D eigenvalue weighted by Crippen LogP contribution is -2.37. The predicted octanol–water partition coefficient (Wildman–Crippen LogP) is 7.35. The van der Waals surface area contributed by atoms with Gasteiger partial charge in [0, 0.05) is 38.6 Å². The standard InChI is InChI=1S/C24H29N3O6S.C19H21N3O4S.C5H9BrO2/c1-24(2,23(28)33-5)27-17-22(14-25-27)34(29,30)26(15-18-6-10-20(31-3)11-7-18)16-19-8-12-21(32-4)13-9-19;1-25-17-7-3-15(4-8-17)13-22(27(23,24)19-11-20-21-12-19)14-16-5-9-18(26-2)10-6-16;1-5(2,6)4(7)8-3/h6-14,17H,15-16H2,1-5H3;3-12H,13-14H2,1-2H3,(H,20,21);1-3H3. The van der Waals surface area contributed by atoms with Crippen molar-refractivity contribution in [2.24, 2.45) is 0 Å². The summed E-state index contributed by atoms with van der Waals surface area (Å²) in [5, 5.41) is 10.5. The fourth-order valence-electron chi connectivity index (χ4n) is 6.20. The van der Waals surface area contributed by atoms with Gasteiger partial charge >= 0.3 is 11.9 Å². The number of nitrogens with one attached hydrogen (secondary N) is 1. The second-order valence-corrected chi connectivity index (χ2v) is 21.9. The van der Waals surface area contributed by atoms with Gasteiger partial charge in [-0.25, -0.2) is 21.6 Å². The number of benzene rings is 4. The highest BCUT2D eigenvalue weighted by molar-refractivity contribution is 9.10. The van der Waals surface area contributed by atoms with Gasteiger partial charge in [0.05, 0.1) is 55.1 Å². The fraction of sp³-hybridized carbons (Fsp3) is 0.333. The molecule has 372 valence electrons. The molecule has 0 saturated heterocycles. The molecular formula is C48H59BrN6O12S2. The maximum atomic E-state index is 13.7. The number of hydrogen-bond acceptors (Lipinski definition) is 14. The zero-order valence-electron chi connectivity index (χ0n) is 40.2. The minimum absolute atomic E-state index is 0.0218. The highest BCUT2D eigenvalue weighted by Gasteiger charge is 2.35. The summed E-state index contributed by atoms with van der Waals surface area (Å²) in [5.74, 6) is 2.01. The topological polar surface area (TPSA) is 211 Å². The van der Waals surface area contributed by atoms with Gasteiger partial charge < -0.3 is 28.4 Å². The van der Waals surface area contributed by atoms with Crippen LogP contribution in [0.1, 0.15) is 49.9 Å². The van der Waals surface area contributed by atoms with Crippen molar-refractivity contribution in [2.75, 3.05) is 42.7 Å². The Morgan fingerprint density at radius 3 is 1.14 bits per heavy atom. The molecule has 1 N–H and O–H groups in total. The van der Waals surface area contributed by atoms with E-state index in [2.05, 4.69) is 36.0 Å². The Bertz CT molecular complexity index is 2660. The van der Waals surface area contributed by atoms with Gasteiger partial charge in [0.15, 0.2) is 5.54 Å². The third-order valence-corrected chi connectivity index (χ3v) is 14.1. The molecule has 69 heavy (non-hydrogen) atoms. The molecule has 0 aliphatic carbocycles. The Balaban J connectivity index is 0.000000264. The predicted molar refractivity (Wildman–Crippen MR) is 262 cm³/mol. The lowest BCUT2D eigenvalue weighted by molar-refractivity contribution is -0.150. The van der Waals surface area contributed by atoms with E-state index in [0.717, 1.165) is 33.8 Å². The van der Waals surface area contributed by atoms with Crippen LogP contribution in [0, 0.1) is 0 Å². The number of methoxy groups -OCH3 is 6. The summed E-state index contributed by atoms with van der Waals surface area (Å²) in [6.07, 6.45) is 5.28. The van der Waals surface area contributed by atoms with Crippen molar-refractivity contribution in [2.45, 2.75) is 73.5 Å². The van der Waals surface area contributed by atoms with Crippen LogP contribution in [0.25, 0.3) is 0 Å². The van der Waals surface area contributed by atoms with E-state index in [0.29, 0.717) is 11.5 Å². The van der Waals surface area contributed by atoms with Crippen molar-refractivity contribution in [1.29, 1.82) is 0 Å². The first-order chi connectivity index (χ1) is 32.6. The molecule has 6 rings (SSSR count). The van der Waals surface area contributed by atoms with Crippen molar-refractivity contribution >= 4 is 47.9 Å². The second kappa shape index (κ2) is 24.9. The number of aromatic amines is 1. The number of esters is 2. The molecule has 0 amide bonds. The summed E-state index contributed by atoms with van der Waals surface area (Å²) in [6.45, 7) is 7.39. The first kappa shape index (κ1) is 55.3. The van der Waals surface area contributed by atoms with Crippen LogP contribution in [0.3, 0.4) is 0 Å². The second-order valence-electron chi connectivity index (χ2n) is 16.0. The lowest BCUT2D eigenvalue weighted by atomic mass is 10.1. The van der Waals surface area contributed by atoms with E-state index >= 15 is 0 Å². The Morgan fingerprint density at radius 1 is 0.551 bits per heavy atom. The molecule has 0 aliphatic heterocycles. The summed E-state index contributed by atoms with van der Waals surface area (Å²) in [5.41, 5.74) is 2.13. The van der Waals surface area contributed by atoms with Gasteiger partial charge in [-0.2, -0.15) is 18.8 Å². The van der Waals surface area contributed by atoms with E-state index in [1.807, 2.05) is 72.8 Å². The van der Waals surface area contributed by atoms with E-state index in [1.54, 1.807) is 80.4 Å². The summed E-state index contributed by atoms with van der Waals surface area (Å²) >= 11 is 3.13. The van der Waals surface area contributed by atoms with Gasteiger partial charge in [0.25, 0.3) is 0 Å². The monoisotopic (exact) mass is 1050 g/mol. The number of alkyl halides is 1. The number of halogens is 1. The zero-order valence-corrected chi connectivity index (χ0v) is 43.4. The highest BCUT2D eigenvalue weighted by Crippen LogP contribution is 2.27. The molecule has 0 bridgehead atoms. The zero-order chi connectivity index (χ0) is 51.0. The van der Waals surface area contributed by atoms with Crippen LogP contribution in [-0.4, -0.2) is 104 Å². The number of nitrogens with zero attached hydrogens (tertiary/aromatic N) is 5. The van der Waals surface area contributed by atoms with E-state index in [1.165, 1.54) is 52.3 Å². The van der Waals surface area contributed by atoms with Crippen LogP contribution in [0.2, 0.25) is 0 Å². The average Bonchev–Trinajstić information content (AvgIpc) is 4.10. The largest absolute Gasteiger partial charge is 0.497 e. The number of rotatable bonds is 19. The fourth-order valence-corrected chi connectivity index (χ4v) is 9.03. The quantitative estimate of drug-likeness (QED) is 0.0621. The van der Waals surface area contributed by atoms with Crippen LogP contribution in [-0.2, 0) is 70.8 Å². The number of carbonyl (C=O) groups is 2. The van der Waals surface area contributed by atoms with Crippen LogP contribution in [0.15, 0.2) is 132 Å². The molecule has 0 radical (unpaired) electrons. The van der Waals surface area contributed by atoms with Crippen LogP contribution >= 0.6 is 15.9 Å². The lowest BCUT2D eigenvalue weighted by Gasteiger charge is -2.23. The Morgan fingerprint density at radius 2 is 0.884 bits per heavy atom. The maximum Gasteiger partial charge on any atom is 0.333 e. The minimum Gasteiger partial charge on any atom is -0.497 e. The SMILES string of the molecule is COC(=O)C(C)(C)Br.COC(=O)C(C)(C)n1cc(S(=O)(=O)N(Cc2ccc(OC)cc2)Cc2ccc(OC)cc2)cn1.COc1ccc(CN(Cc2ccc(OC)cc2)S(=O)(=O)c2cn[nH]c2)cc1. The number of sulfonamides is 2. The van der Waals surface area contributed by atoms with Crippen molar-refractivity contribution in [1.82, 2.24) is 28.6 Å². The van der Waals surface area contributed by atoms with E-state index < -0.39 is 35.9 Å². The molecule has 0 atom stereocenters. The molecule has 0 aliphatic rings. The summed E-state index contributed by atoms with van der Waals surface area (Å²) in [7, 11) is 1.30. The van der Waals surface area contributed by atoms with Crippen molar-refractivity contribution < 1.29 is 54.8 Å². The first-order valence-electron chi connectivity index (χ1n) is 21.0. The third-order valence-electron chi connectivity index (χ3n) is 10.3. The van der Waals surface area contributed by atoms with Gasteiger partial charge in [0.1, 0.15) is 37.1 Å². The number of ether oxygens (including phenoxy) is 6. The number of carbonyl (C=O) groups excluding carboxylic acids is 2. The van der Waals surface area contributed by atoms with Crippen molar-refractivity contribution in [3.63, 3.8) is 0 Å². The molecule has 2 aromatic heterocycles. The van der Waals surface area contributed by atoms with Gasteiger partial charge in [-0.15, -0.1) is 0 Å². The molecule has 18 nitrogen and oxygen atoms in total. The van der Waals surface area contributed by atoms with Crippen LogP contribution < -0.4 is 18.9 Å². The number of H-pyrrole nitrogens is 1. The Hall–Kier alpha value is -6.26. The summed E-state index contributed by atoms with van der Waals surface area (Å²) < 4.78 is 87.0. The van der Waals surface area contributed by atoms with Gasteiger partial charge in [-0.3, -0.25) is 14.6 Å². The minimum atomic E-state index is -3.97. The van der Waals surface area contributed by atoms with E-state index in [4.69, 9.17) is 23.7 Å². The molecule has 4 aromatic carbocycles. The molecule has 21 heteroatoms. The smallest absolute Gasteiger partial charge is 0.333 e. The molecule has 0 unspecified atom stereocenters. The van der Waals surface area contributed by atoms with E-state index in [9.17, 15) is 26.4 Å². The molecule has 2 heterocycles. The van der Waals surface area contributed by atoms with E-state index in [-0.39, 0.29) is 41.9 Å². The van der Waals surface area contributed by atoms with Gasteiger partial charge in [0.2, 0.25) is 20.0 Å². The molecule has 0 spiro atoms. The summed E-state index contributed by atoms with van der Waals surface area (Å²) in [4.78, 5) is 22.8. The first-order valence-corrected chi connectivity index (χ1v) is 24.7. The third kappa shape index (κ3) is 15.4. The highest BCUT2D eigenvalue weighted by atomic mass is 79.9. The molecular weight excluding hydrogens is 997 g/mol. The Kier molecular flexibility index (Phi) is 19.9. The Labute approximate surface area is 412 Å². The molecule has 0 saturated carbocycles. The van der Waals surface area contributed by atoms with Crippen LogP contribution in [0.4, 0.5) is 0 Å². The normalized spacial score (nSPS) is 11.7. The summed E-state index contributed by atoms with van der Waals surface area (Å²) in [6, 6.07) is 29.1. The average molecular weight is 1060 g/mol.